The average molecular weight is 420 g/mol. The summed E-state index contributed by atoms with van der Waals surface area (Å²) in [4.78, 5) is 15.3. The summed E-state index contributed by atoms with van der Waals surface area (Å²) < 4.78 is 7.60. The summed E-state index contributed by atoms with van der Waals surface area (Å²) in [5, 5.41) is 11.9. The monoisotopic (exact) mass is 419 g/mol. The lowest BCUT2D eigenvalue weighted by molar-refractivity contribution is 0.256. The quantitative estimate of drug-likeness (QED) is 0.622. The molecule has 0 atom stereocenters. The van der Waals surface area contributed by atoms with E-state index in [1.165, 1.54) is 6.42 Å². The first-order valence-corrected chi connectivity index (χ1v) is 10.9. The fourth-order valence-corrected chi connectivity index (χ4v) is 4.07. The number of urea groups is 1. The summed E-state index contributed by atoms with van der Waals surface area (Å²) in [5.41, 5.74) is 2.62. The molecule has 2 aromatic carbocycles. The molecule has 7 heteroatoms. The minimum Gasteiger partial charge on any atom is -0.495 e. The zero-order chi connectivity index (χ0) is 21.6. The number of hydrogen-bond acceptors (Lipinski definition) is 4. The van der Waals surface area contributed by atoms with Crippen LogP contribution in [0.3, 0.4) is 0 Å². The topological polar surface area (TPSA) is 72.3 Å². The maximum absolute atomic E-state index is 13.5. The van der Waals surface area contributed by atoms with E-state index >= 15 is 0 Å². The van der Waals surface area contributed by atoms with Crippen LogP contribution in [0.15, 0.2) is 48.5 Å². The van der Waals surface area contributed by atoms with Crippen molar-refractivity contribution in [1.29, 1.82) is 0 Å². The van der Waals surface area contributed by atoms with Crippen molar-refractivity contribution < 1.29 is 9.53 Å². The van der Waals surface area contributed by atoms with Gasteiger partial charge in [0.25, 0.3) is 0 Å². The summed E-state index contributed by atoms with van der Waals surface area (Å²) in [6.45, 7) is 3.35. The number of hydrogen-bond donors (Lipinski definition) is 1. The Morgan fingerprint density at radius 1 is 1.10 bits per heavy atom. The summed E-state index contributed by atoms with van der Waals surface area (Å²) in [6.07, 6.45) is 5.20. The van der Waals surface area contributed by atoms with Crippen molar-refractivity contribution >= 4 is 17.4 Å². The smallest absolute Gasteiger partial charge is 0.326 e. The van der Waals surface area contributed by atoms with Crippen molar-refractivity contribution in [2.75, 3.05) is 17.3 Å². The molecule has 2 heterocycles. The van der Waals surface area contributed by atoms with E-state index in [1.54, 1.807) is 12.0 Å². The second kappa shape index (κ2) is 9.64. The SMILES string of the molecule is CCc1ccccc1N(Cc1nnc2n1CCCCC2)C(=O)Nc1ccccc1OC. The van der Waals surface area contributed by atoms with Crippen LogP contribution in [-0.2, 0) is 25.9 Å². The van der Waals surface area contributed by atoms with E-state index in [0.29, 0.717) is 18.0 Å². The molecule has 0 saturated carbocycles. The van der Waals surface area contributed by atoms with Gasteiger partial charge in [-0.1, -0.05) is 43.7 Å². The lowest BCUT2D eigenvalue weighted by atomic mass is 10.1. The molecule has 162 valence electrons. The first-order valence-electron chi connectivity index (χ1n) is 10.9. The van der Waals surface area contributed by atoms with Crippen molar-refractivity contribution in [2.45, 2.75) is 52.1 Å². The molecule has 1 aliphatic rings. The highest BCUT2D eigenvalue weighted by Gasteiger charge is 2.24. The van der Waals surface area contributed by atoms with Gasteiger partial charge in [-0.2, -0.15) is 0 Å². The van der Waals surface area contributed by atoms with Gasteiger partial charge >= 0.3 is 6.03 Å². The lowest BCUT2D eigenvalue weighted by Gasteiger charge is -2.25. The lowest BCUT2D eigenvalue weighted by Crippen LogP contribution is -2.36. The predicted octanol–water partition coefficient (Wildman–Crippen LogP) is 4.81. The molecule has 1 N–H and O–H groups in total. The number of fused-ring (bicyclic) bond motifs is 1. The second-order valence-electron chi connectivity index (χ2n) is 7.69. The number of methoxy groups -OCH3 is 1. The Balaban J connectivity index is 1.68. The summed E-state index contributed by atoms with van der Waals surface area (Å²) in [5.74, 6) is 2.45. The normalized spacial score (nSPS) is 13.2. The molecule has 3 aromatic rings. The summed E-state index contributed by atoms with van der Waals surface area (Å²) in [6, 6.07) is 15.2. The number of nitrogens with zero attached hydrogens (tertiary/aromatic N) is 4. The van der Waals surface area contributed by atoms with Crippen LogP contribution in [0.1, 0.15) is 43.4 Å². The van der Waals surface area contributed by atoms with Crippen LogP contribution in [0.4, 0.5) is 16.2 Å². The summed E-state index contributed by atoms with van der Waals surface area (Å²) >= 11 is 0. The molecule has 4 rings (SSSR count). The Kier molecular flexibility index (Phi) is 6.50. The minimum absolute atomic E-state index is 0.226. The van der Waals surface area contributed by atoms with Crippen LogP contribution in [0.25, 0.3) is 0 Å². The van der Waals surface area contributed by atoms with Gasteiger partial charge in [0.2, 0.25) is 0 Å². The molecule has 0 radical (unpaired) electrons. The standard InChI is InChI=1S/C24H29N5O2/c1-3-18-11-6-8-13-20(18)29(24(30)25-19-12-7-9-14-21(19)31-2)17-23-27-26-22-15-5-4-10-16-28(22)23/h6-9,11-14H,3-5,10,15-17H2,1-2H3,(H,25,30). The Bertz CT molecular complexity index is 1050. The Labute approximate surface area is 183 Å². The van der Waals surface area contributed by atoms with Crippen LogP contribution in [0.2, 0.25) is 0 Å². The van der Waals surface area contributed by atoms with Crippen molar-refractivity contribution in [3.05, 3.63) is 65.7 Å². The molecular weight excluding hydrogens is 390 g/mol. The fourth-order valence-electron chi connectivity index (χ4n) is 4.07. The number of carbonyl (C=O) groups excluding carboxylic acids is 1. The number of rotatable bonds is 6. The molecule has 0 saturated heterocycles. The van der Waals surface area contributed by atoms with Gasteiger partial charge in [0, 0.05) is 18.7 Å². The fraction of sp³-hybridized carbons (Fsp3) is 0.375. The first-order chi connectivity index (χ1) is 15.2. The highest BCUT2D eigenvalue weighted by atomic mass is 16.5. The number of nitrogens with one attached hydrogen (secondary N) is 1. The molecule has 0 bridgehead atoms. The van der Waals surface area contributed by atoms with Gasteiger partial charge in [-0.15, -0.1) is 10.2 Å². The molecule has 31 heavy (non-hydrogen) atoms. The third-order valence-electron chi connectivity index (χ3n) is 5.74. The third-order valence-corrected chi connectivity index (χ3v) is 5.74. The van der Waals surface area contributed by atoms with Crippen LogP contribution in [-0.4, -0.2) is 27.9 Å². The van der Waals surface area contributed by atoms with Crippen LogP contribution < -0.4 is 15.0 Å². The Morgan fingerprint density at radius 2 is 1.90 bits per heavy atom. The molecule has 0 aliphatic carbocycles. The number of para-hydroxylation sites is 3. The van der Waals surface area contributed by atoms with E-state index in [9.17, 15) is 4.79 Å². The number of benzene rings is 2. The van der Waals surface area contributed by atoms with Crippen molar-refractivity contribution in [3.63, 3.8) is 0 Å². The van der Waals surface area contributed by atoms with Crippen LogP contribution >= 0.6 is 0 Å². The van der Waals surface area contributed by atoms with Gasteiger partial charge in [0.05, 0.1) is 19.3 Å². The van der Waals surface area contributed by atoms with Gasteiger partial charge < -0.3 is 14.6 Å². The molecule has 0 spiro atoms. The Hall–Kier alpha value is -3.35. The molecule has 1 aromatic heterocycles. The van der Waals surface area contributed by atoms with Crippen molar-refractivity contribution in [3.8, 4) is 5.75 Å². The molecule has 1 aliphatic heterocycles. The van der Waals surface area contributed by atoms with E-state index in [0.717, 1.165) is 55.1 Å². The van der Waals surface area contributed by atoms with Gasteiger partial charge in [-0.25, -0.2) is 4.79 Å². The third kappa shape index (κ3) is 4.55. The zero-order valence-corrected chi connectivity index (χ0v) is 18.2. The maximum atomic E-state index is 13.5. The van der Waals surface area contributed by atoms with Crippen molar-refractivity contribution in [1.82, 2.24) is 14.8 Å². The van der Waals surface area contributed by atoms with E-state index in [-0.39, 0.29) is 6.03 Å². The number of aromatic nitrogens is 3. The number of anilines is 2. The number of carbonyl (C=O) groups is 1. The van der Waals surface area contributed by atoms with Gasteiger partial charge in [-0.05, 0) is 43.0 Å². The van der Waals surface area contributed by atoms with E-state index in [4.69, 9.17) is 4.74 Å². The van der Waals surface area contributed by atoms with Gasteiger partial charge in [0.1, 0.15) is 11.6 Å². The number of amides is 2. The largest absolute Gasteiger partial charge is 0.495 e. The van der Waals surface area contributed by atoms with Crippen molar-refractivity contribution in [2.24, 2.45) is 0 Å². The zero-order valence-electron chi connectivity index (χ0n) is 18.2. The molecule has 2 amide bonds. The predicted molar refractivity (Wildman–Crippen MR) is 122 cm³/mol. The van der Waals surface area contributed by atoms with E-state index in [2.05, 4.69) is 33.1 Å². The molecule has 0 unspecified atom stereocenters. The Morgan fingerprint density at radius 3 is 2.74 bits per heavy atom. The molecular formula is C24H29N5O2. The second-order valence-corrected chi connectivity index (χ2v) is 7.69. The average Bonchev–Trinajstić information content (AvgIpc) is 3.02. The highest BCUT2D eigenvalue weighted by Crippen LogP contribution is 2.27. The van der Waals surface area contributed by atoms with Crippen LogP contribution in [0.5, 0.6) is 5.75 Å². The number of aryl methyl sites for hydroxylation is 2. The van der Waals surface area contributed by atoms with Crippen LogP contribution in [0, 0.1) is 0 Å². The molecule has 0 fully saturated rings. The highest BCUT2D eigenvalue weighted by molar-refractivity contribution is 6.02. The van der Waals surface area contributed by atoms with Gasteiger partial charge in [-0.3, -0.25) is 4.90 Å². The van der Waals surface area contributed by atoms with E-state index < -0.39 is 0 Å². The van der Waals surface area contributed by atoms with E-state index in [1.807, 2.05) is 42.5 Å². The number of ether oxygens (including phenoxy) is 1. The first kappa shape index (κ1) is 20.9. The molecule has 7 nitrogen and oxygen atoms in total. The minimum atomic E-state index is -0.226. The maximum Gasteiger partial charge on any atom is 0.326 e. The van der Waals surface area contributed by atoms with Gasteiger partial charge in [0.15, 0.2) is 5.82 Å². The summed E-state index contributed by atoms with van der Waals surface area (Å²) in [7, 11) is 1.60.